The Morgan fingerprint density at radius 3 is 2.45 bits per heavy atom. The topological polar surface area (TPSA) is 112 Å². The number of hydrogen-bond donors (Lipinski definition) is 2. The van der Waals surface area contributed by atoms with E-state index in [-0.39, 0.29) is 36.3 Å². The molecule has 1 unspecified atom stereocenters. The van der Waals surface area contributed by atoms with E-state index in [9.17, 15) is 14.4 Å². The monoisotopic (exact) mass is 583 g/mol. The van der Waals surface area contributed by atoms with Gasteiger partial charge in [-0.3, -0.25) is 19.4 Å². The van der Waals surface area contributed by atoms with Crippen molar-refractivity contribution in [2.75, 3.05) is 18.2 Å². The maximum absolute atomic E-state index is 13.5. The first-order valence-electron chi connectivity index (χ1n) is 13.8. The molecule has 0 saturated heterocycles. The van der Waals surface area contributed by atoms with E-state index in [1.165, 1.54) is 22.2 Å². The summed E-state index contributed by atoms with van der Waals surface area (Å²) < 4.78 is 5.17. The molecule has 0 radical (unpaired) electrons. The lowest BCUT2D eigenvalue weighted by molar-refractivity contribution is -0.125. The number of amides is 3. The minimum Gasteiger partial charge on any atom is -0.497 e. The number of para-hydroxylation sites is 1. The highest BCUT2D eigenvalue weighted by molar-refractivity contribution is 8.14. The van der Waals surface area contributed by atoms with Crippen molar-refractivity contribution in [3.63, 3.8) is 0 Å². The van der Waals surface area contributed by atoms with Crippen LogP contribution in [0, 0.1) is 0 Å². The number of thioether (sulfide) groups is 1. The Bertz CT molecular complexity index is 1530. The Labute approximate surface area is 249 Å². The summed E-state index contributed by atoms with van der Waals surface area (Å²) in [5, 5.41) is 6.21. The van der Waals surface area contributed by atoms with Gasteiger partial charge in [-0.15, -0.1) is 0 Å². The number of aliphatic imine (C=N–C) groups is 2. The fraction of sp³-hybridized carbons (Fsp3) is 0.281. The molecular formula is C32H33N5O4S. The van der Waals surface area contributed by atoms with Gasteiger partial charge >= 0.3 is 0 Å². The van der Waals surface area contributed by atoms with Crippen LogP contribution in [0.25, 0.3) is 0 Å². The Hall–Kier alpha value is -4.44. The van der Waals surface area contributed by atoms with Crippen LogP contribution in [-0.4, -0.2) is 52.5 Å². The SMILES string of the molecule is COc1ccc(CNC(=O)CCC2N=C3c4ccccc4N=C(SCC(=O)Nc4ccc(C(C)C)cc4)N3C2=O)cc1. The molecule has 10 heteroatoms. The minimum absolute atomic E-state index is 0.0719. The van der Waals surface area contributed by atoms with E-state index in [1.54, 1.807) is 7.11 Å². The van der Waals surface area contributed by atoms with Gasteiger partial charge in [0.2, 0.25) is 11.8 Å². The Morgan fingerprint density at radius 2 is 1.74 bits per heavy atom. The number of rotatable bonds is 10. The predicted molar refractivity (Wildman–Crippen MR) is 166 cm³/mol. The lowest BCUT2D eigenvalue weighted by atomic mass is 10.0. The van der Waals surface area contributed by atoms with Crippen molar-refractivity contribution in [1.82, 2.24) is 10.2 Å². The van der Waals surface area contributed by atoms with Crippen molar-refractivity contribution in [1.29, 1.82) is 0 Å². The van der Waals surface area contributed by atoms with Crippen molar-refractivity contribution >= 4 is 51.9 Å². The number of fused-ring (bicyclic) bond motifs is 3. The fourth-order valence-corrected chi connectivity index (χ4v) is 5.47. The second-order valence-electron chi connectivity index (χ2n) is 10.3. The molecule has 216 valence electrons. The first-order valence-corrected chi connectivity index (χ1v) is 14.8. The highest BCUT2D eigenvalue weighted by Crippen LogP contribution is 2.34. The van der Waals surface area contributed by atoms with Gasteiger partial charge < -0.3 is 15.4 Å². The van der Waals surface area contributed by atoms with Crippen LogP contribution < -0.4 is 15.4 Å². The maximum atomic E-state index is 13.5. The average molecular weight is 584 g/mol. The van der Waals surface area contributed by atoms with Gasteiger partial charge in [-0.05, 0) is 59.9 Å². The molecule has 0 fully saturated rings. The molecule has 2 N–H and O–H groups in total. The van der Waals surface area contributed by atoms with Crippen LogP contribution in [0.5, 0.6) is 5.75 Å². The maximum Gasteiger partial charge on any atom is 0.259 e. The number of hydrogen-bond acceptors (Lipinski definition) is 7. The highest BCUT2D eigenvalue weighted by atomic mass is 32.2. The molecule has 2 heterocycles. The van der Waals surface area contributed by atoms with E-state index in [4.69, 9.17) is 9.73 Å². The van der Waals surface area contributed by atoms with Gasteiger partial charge in [0.1, 0.15) is 17.6 Å². The van der Waals surface area contributed by atoms with Gasteiger partial charge in [-0.1, -0.05) is 62.0 Å². The van der Waals surface area contributed by atoms with E-state index >= 15 is 0 Å². The van der Waals surface area contributed by atoms with Crippen molar-refractivity contribution in [2.24, 2.45) is 9.98 Å². The van der Waals surface area contributed by atoms with Crippen molar-refractivity contribution in [2.45, 2.75) is 45.2 Å². The molecule has 0 aromatic heterocycles. The Kier molecular flexibility index (Phi) is 9.02. The molecule has 0 saturated carbocycles. The minimum atomic E-state index is -0.711. The van der Waals surface area contributed by atoms with E-state index in [0.717, 1.165) is 16.9 Å². The van der Waals surface area contributed by atoms with Crippen LogP contribution in [0.3, 0.4) is 0 Å². The van der Waals surface area contributed by atoms with Gasteiger partial charge in [0.25, 0.3) is 5.91 Å². The van der Waals surface area contributed by atoms with E-state index in [2.05, 4.69) is 29.5 Å². The second kappa shape index (κ2) is 13.0. The third-order valence-electron chi connectivity index (χ3n) is 7.03. The van der Waals surface area contributed by atoms with Gasteiger partial charge in [-0.25, -0.2) is 9.89 Å². The summed E-state index contributed by atoms with van der Waals surface area (Å²) in [5.74, 6) is 1.12. The van der Waals surface area contributed by atoms with Crippen molar-refractivity contribution in [3.8, 4) is 5.75 Å². The summed E-state index contributed by atoms with van der Waals surface area (Å²) in [6.07, 6.45) is 0.413. The number of anilines is 1. The molecule has 2 aliphatic rings. The zero-order valence-electron chi connectivity index (χ0n) is 23.8. The molecule has 3 aromatic carbocycles. The van der Waals surface area contributed by atoms with Crippen molar-refractivity contribution < 1.29 is 19.1 Å². The van der Waals surface area contributed by atoms with Crippen LogP contribution in [0.1, 0.15) is 49.3 Å². The Morgan fingerprint density at radius 1 is 1.00 bits per heavy atom. The van der Waals surface area contributed by atoms with Gasteiger partial charge in [0.15, 0.2) is 5.17 Å². The van der Waals surface area contributed by atoms with Crippen LogP contribution in [-0.2, 0) is 20.9 Å². The summed E-state index contributed by atoms with van der Waals surface area (Å²) in [6.45, 7) is 4.62. The molecule has 0 aliphatic carbocycles. The summed E-state index contributed by atoms with van der Waals surface area (Å²) >= 11 is 1.19. The molecular weight excluding hydrogens is 550 g/mol. The molecule has 42 heavy (non-hydrogen) atoms. The third-order valence-corrected chi connectivity index (χ3v) is 7.97. The predicted octanol–water partition coefficient (Wildman–Crippen LogP) is 5.25. The lowest BCUT2D eigenvalue weighted by Gasteiger charge is -2.25. The summed E-state index contributed by atoms with van der Waals surface area (Å²) in [6, 6.07) is 22.0. The first kappa shape index (κ1) is 29.1. The number of nitrogens with zero attached hydrogens (tertiary/aromatic N) is 3. The van der Waals surface area contributed by atoms with Gasteiger partial charge in [0, 0.05) is 24.2 Å². The van der Waals surface area contributed by atoms with Crippen molar-refractivity contribution in [3.05, 3.63) is 89.5 Å². The summed E-state index contributed by atoms with van der Waals surface area (Å²) in [5.41, 5.74) is 4.29. The van der Waals surface area contributed by atoms with E-state index < -0.39 is 6.04 Å². The molecule has 0 spiro atoms. The third kappa shape index (κ3) is 6.71. The van der Waals surface area contributed by atoms with Gasteiger partial charge in [0.05, 0.1) is 18.6 Å². The van der Waals surface area contributed by atoms with Crippen LogP contribution in [0.2, 0.25) is 0 Å². The summed E-state index contributed by atoms with van der Waals surface area (Å²) in [4.78, 5) is 49.7. The average Bonchev–Trinajstić information content (AvgIpc) is 3.34. The van der Waals surface area contributed by atoms with Crippen LogP contribution >= 0.6 is 11.8 Å². The lowest BCUT2D eigenvalue weighted by Crippen LogP contribution is -2.41. The smallest absolute Gasteiger partial charge is 0.259 e. The first-order chi connectivity index (χ1) is 20.3. The standard InChI is InChI=1S/C32H33N5O4S/c1-20(2)22-10-12-23(13-11-22)34-29(39)19-42-32-36-26-7-5-4-6-25(26)30-35-27(31(40)37(30)32)16-17-28(38)33-18-21-8-14-24(41-3)15-9-21/h4-15,20,27H,16-19H2,1-3H3,(H,33,38)(H,34,39). The highest BCUT2D eigenvalue weighted by Gasteiger charge is 2.41. The number of methoxy groups -OCH3 is 1. The quantitative estimate of drug-likeness (QED) is 0.339. The zero-order chi connectivity index (χ0) is 29.6. The number of ether oxygens (including phenoxy) is 1. The molecule has 5 rings (SSSR count). The van der Waals surface area contributed by atoms with E-state index in [1.807, 2.05) is 72.8 Å². The van der Waals surface area contributed by atoms with Crippen LogP contribution in [0.4, 0.5) is 11.4 Å². The zero-order valence-corrected chi connectivity index (χ0v) is 24.6. The number of amidine groups is 2. The van der Waals surface area contributed by atoms with Crippen LogP contribution in [0.15, 0.2) is 82.8 Å². The summed E-state index contributed by atoms with van der Waals surface area (Å²) in [7, 11) is 1.60. The molecule has 2 aliphatic heterocycles. The molecule has 9 nitrogen and oxygen atoms in total. The number of carbonyl (C=O) groups excluding carboxylic acids is 3. The molecule has 3 aromatic rings. The second-order valence-corrected chi connectivity index (χ2v) is 11.3. The molecule has 3 amide bonds. The Balaban J connectivity index is 1.21. The number of carbonyl (C=O) groups is 3. The number of nitrogens with one attached hydrogen (secondary N) is 2. The molecule has 1 atom stereocenters. The number of benzene rings is 3. The van der Waals surface area contributed by atoms with Gasteiger partial charge in [-0.2, -0.15) is 0 Å². The molecule has 0 bridgehead atoms. The normalized spacial score (nSPS) is 15.5. The van der Waals surface area contributed by atoms with E-state index in [0.29, 0.717) is 34.8 Å². The largest absolute Gasteiger partial charge is 0.497 e. The fourth-order valence-electron chi connectivity index (χ4n) is 4.67.